The highest BCUT2D eigenvalue weighted by molar-refractivity contribution is 6.30. The van der Waals surface area contributed by atoms with Crippen LogP contribution in [0.3, 0.4) is 0 Å². The molecular formula is C17H10ClF3N2O. The largest absolute Gasteiger partial charge is 0.433 e. The van der Waals surface area contributed by atoms with E-state index in [4.69, 9.17) is 16.3 Å². The number of benzene rings is 2. The normalized spacial score (nSPS) is 11.3. The predicted molar refractivity (Wildman–Crippen MR) is 84.0 cm³/mol. The van der Waals surface area contributed by atoms with Crippen molar-refractivity contribution in [3.8, 4) is 23.0 Å². The number of hydrogen-bond acceptors (Lipinski definition) is 3. The number of hydrogen-bond donors (Lipinski definition) is 0. The van der Waals surface area contributed by atoms with Gasteiger partial charge in [-0.25, -0.2) is 0 Å². The van der Waals surface area contributed by atoms with E-state index in [9.17, 15) is 13.2 Å². The van der Waals surface area contributed by atoms with E-state index in [-0.39, 0.29) is 11.7 Å². The third kappa shape index (κ3) is 3.83. The molecule has 122 valence electrons. The summed E-state index contributed by atoms with van der Waals surface area (Å²) in [4.78, 5) is 7.52. The van der Waals surface area contributed by atoms with Crippen LogP contribution in [0.5, 0.6) is 11.8 Å². The molecule has 0 bridgehead atoms. The lowest BCUT2D eigenvalue weighted by atomic mass is 10.1. The third-order valence-corrected chi connectivity index (χ3v) is 3.34. The van der Waals surface area contributed by atoms with Crippen LogP contribution in [0, 0.1) is 0 Å². The molecular weight excluding hydrogens is 341 g/mol. The lowest BCUT2D eigenvalue weighted by molar-refractivity contribution is -0.141. The van der Waals surface area contributed by atoms with Gasteiger partial charge in [0.25, 0.3) is 0 Å². The minimum absolute atomic E-state index is 0.0972. The van der Waals surface area contributed by atoms with E-state index >= 15 is 0 Å². The average Bonchev–Trinajstić information content (AvgIpc) is 2.55. The van der Waals surface area contributed by atoms with Crippen molar-refractivity contribution in [3.05, 3.63) is 71.4 Å². The van der Waals surface area contributed by atoms with E-state index in [0.29, 0.717) is 16.3 Å². The summed E-state index contributed by atoms with van der Waals surface area (Å²) in [6.45, 7) is 0. The summed E-state index contributed by atoms with van der Waals surface area (Å²) >= 11 is 5.80. The fourth-order valence-electron chi connectivity index (χ4n) is 1.98. The molecule has 0 saturated carbocycles. The maximum Gasteiger partial charge on any atom is 0.433 e. The van der Waals surface area contributed by atoms with Gasteiger partial charge < -0.3 is 4.74 Å². The number of rotatable bonds is 3. The molecule has 0 fully saturated rings. The summed E-state index contributed by atoms with van der Waals surface area (Å²) in [5, 5.41) is 0.476. The number of aromatic nitrogens is 2. The molecule has 0 radical (unpaired) electrons. The molecule has 3 aromatic rings. The molecule has 0 aliphatic carbocycles. The Bertz CT molecular complexity index is 837. The quantitative estimate of drug-likeness (QED) is 0.616. The zero-order chi connectivity index (χ0) is 17.2. The van der Waals surface area contributed by atoms with Crippen LogP contribution < -0.4 is 4.74 Å². The molecule has 0 unspecified atom stereocenters. The van der Waals surface area contributed by atoms with Crippen LogP contribution in [0.25, 0.3) is 11.3 Å². The molecule has 0 aliphatic heterocycles. The Morgan fingerprint density at radius 1 is 0.875 bits per heavy atom. The first kappa shape index (κ1) is 16.3. The van der Waals surface area contributed by atoms with E-state index in [1.54, 1.807) is 54.6 Å². The molecule has 0 amide bonds. The summed E-state index contributed by atoms with van der Waals surface area (Å²) < 4.78 is 44.7. The summed E-state index contributed by atoms with van der Waals surface area (Å²) in [5.41, 5.74) is -0.501. The van der Waals surface area contributed by atoms with Gasteiger partial charge in [0.2, 0.25) is 0 Å². The van der Waals surface area contributed by atoms with E-state index in [2.05, 4.69) is 9.97 Å². The second-order valence-corrected chi connectivity index (χ2v) is 5.28. The number of alkyl halides is 3. The summed E-state index contributed by atoms with van der Waals surface area (Å²) in [7, 11) is 0. The molecule has 3 nitrogen and oxygen atoms in total. The Balaban J connectivity index is 2.05. The summed E-state index contributed by atoms with van der Waals surface area (Å²) in [6, 6.07) is 15.2. The monoisotopic (exact) mass is 350 g/mol. The SMILES string of the molecule is FC(F)(F)c1cc(-c2ccc(Cl)cc2)nc(Oc2ccccc2)n1. The number of para-hydroxylation sites is 1. The van der Waals surface area contributed by atoms with Crippen molar-refractivity contribution in [1.29, 1.82) is 0 Å². The standard InChI is InChI=1S/C17H10ClF3N2O/c18-12-8-6-11(7-9-12)14-10-15(17(19,20)21)23-16(22-14)24-13-4-2-1-3-5-13/h1-10H. The summed E-state index contributed by atoms with van der Waals surface area (Å²) in [5.74, 6) is 0.346. The minimum Gasteiger partial charge on any atom is -0.424 e. The number of nitrogens with zero attached hydrogens (tertiary/aromatic N) is 2. The van der Waals surface area contributed by atoms with Gasteiger partial charge in [-0.05, 0) is 30.3 Å². The zero-order valence-electron chi connectivity index (χ0n) is 12.1. The Labute approximate surface area is 140 Å². The van der Waals surface area contributed by atoms with Crippen molar-refractivity contribution in [2.24, 2.45) is 0 Å². The highest BCUT2D eigenvalue weighted by atomic mass is 35.5. The lowest BCUT2D eigenvalue weighted by Crippen LogP contribution is -2.10. The Morgan fingerprint density at radius 3 is 2.17 bits per heavy atom. The molecule has 7 heteroatoms. The lowest BCUT2D eigenvalue weighted by Gasteiger charge is -2.11. The minimum atomic E-state index is -4.61. The smallest absolute Gasteiger partial charge is 0.424 e. The van der Waals surface area contributed by atoms with Crippen LogP contribution in [-0.4, -0.2) is 9.97 Å². The first-order chi connectivity index (χ1) is 11.4. The van der Waals surface area contributed by atoms with Gasteiger partial charge in [0.15, 0.2) is 5.69 Å². The van der Waals surface area contributed by atoms with E-state index in [1.807, 2.05) is 0 Å². The molecule has 1 heterocycles. The second kappa shape index (κ2) is 6.49. The second-order valence-electron chi connectivity index (χ2n) is 4.84. The summed E-state index contributed by atoms with van der Waals surface area (Å²) in [6.07, 6.45) is -4.61. The van der Waals surface area contributed by atoms with Crippen LogP contribution in [0.4, 0.5) is 13.2 Å². The third-order valence-electron chi connectivity index (χ3n) is 3.09. The van der Waals surface area contributed by atoms with Crippen molar-refractivity contribution in [2.45, 2.75) is 6.18 Å². The van der Waals surface area contributed by atoms with Gasteiger partial charge in [0, 0.05) is 10.6 Å². The fraction of sp³-hybridized carbons (Fsp3) is 0.0588. The van der Waals surface area contributed by atoms with Gasteiger partial charge in [-0.1, -0.05) is 41.9 Å². The molecule has 24 heavy (non-hydrogen) atoms. The van der Waals surface area contributed by atoms with Crippen LogP contribution in [-0.2, 0) is 6.18 Å². The zero-order valence-corrected chi connectivity index (χ0v) is 12.8. The van der Waals surface area contributed by atoms with E-state index in [0.717, 1.165) is 6.07 Å². The Hall–Kier alpha value is -2.60. The van der Waals surface area contributed by atoms with Gasteiger partial charge >= 0.3 is 12.2 Å². The van der Waals surface area contributed by atoms with Gasteiger partial charge in [-0.15, -0.1) is 0 Å². The topological polar surface area (TPSA) is 35.0 Å². The van der Waals surface area contributed by atoms with Crippen molar-refractivity contribution in [2.75, 3.05) is 0 Å². The van der Waals surface area contributed by atoms with Crippen molar-refractivity contribution in [3.63, 3.8) is 0 Å². The molecule has 0 N–H and O–H groups in total. The molecule has 0 atom stereocenters. The van der Waals surface area contributed by atoms with E-state index in [1.165, 1.54) is 0 Å². The van der Waals surface area contributed by atoms with Crippen LogP contribution >= 0.6 is 11.6 Å². The van der Waals surface area contributed by atoms with E-state index < -0.39 is 11.9 Å². The molecule has 3 rings (SSSR count). The molecule has 2 aromatic carbocycles. The number of halogens is 4. The van der Waals surface area contributed by atoms with Crippen LogP contribution in [0.15, 0.2) is 60.7 Å². The maximum absolute atomic E-state index is 13.1. The molecule has 0 saturated heterocycles. The van der Waals surface area contributed by atoms with Gasteiger partial charge in [-0.3, -0.25) is 0 Å². The first-order valence-electron chi connectivity index (χ1n) is 6.87. The fourth-order valence-corrected chi connectivity index (χ4v) is 2.10. The van der Waals surface area contributed by atoms with Crippen molar-refractivity contribution in [1.82, 2.24) is 9.97 Å². The van der Waals surface area contributed by atoms with Crippen molar-refractivity contribution >= 4 is 11.6 Å². The van der Waals surface area contributed by atoms with Crippen LogP contribution in [0.1, 0.15) is 5.69 Å². The first-order valence-corrected chi connectivity index (χ1v) is 7.25. The highest BCUT2D eigenvalue weighted by Gasteiger charge is 2.34. The Morgan fingerprint density at radius 2 is 1.54 bits per heavy atom. The Kier molecular flexibility index (Phi) is 4.40. The van der Waals surface area contributed by atoms with Crippen LogP contribution in [0.2, 0.25) is 5.02 Å². The van der Waals surface area contributed by atoms with Gasteiger partial charge in [0.1, 0.15) is 5.75 Å². The molecule has 0 spiro atoms. The number of ether oxygens (including phenoxy) is 1. The van der Waals surface area contributed by atoms with Gasteiger partial charge in [-0.2, -0.15) is 23.1 Å². The highest BCUT2D eigenvalue weighted by Crippen LogP contribution is 2.32. The molecule has 1 aromatic heterocycles. The maximum atomic E-state index is 13.1. The average molecular weight is 351 g/mol. The molecule has 0 aliphatic rings. The predicted octanol–water partition coefficient (Wildman–Crippen LogP) is 5.61. The van der Waals surface area contributed by atoms with Crippen molar-refractivity contribution < 1.29 is 17.9 Å². The van der Waals surface area contributed by atoms with Gasteiger partial charge in [0.05, 0.1) is 5.69 Å².